The topological polar surface area (TPSA) is 38.8 Å². The van der Waals surface area contributed by atoms with Crippen LogP contribution in [0, 0.1) is 0 Å². The van der Waals surface area contributed by atoms with Crippen LogP contribution in [0.5, 0.6) is 11.5 Å². The van der Waals surface area contributed by atoms with Crippen LogP contribution in [0.3, 0.4) is 0 Å². The Bertz CT molecular complexity index is 432. The molecule has 0 unspecified atom stereocenters. The fourth-order valence-electron chi connectivity index (χ4n) is 2.00. The number of nitrogens with zero attached hydrogens (tertiary/aromatic N) is 1. The van der Waals surface area contributed by atoms with Gasteiger partial charge in [-0.3, -0.25) is 4.79 Å². The lowest BCUT2D eigenvalue weighted by atomic mass is 10.1. The molecule has 1 aromatic rings. The molecule has 0 aromatic heterocycles. The summed E-state index contributed by atoms with van der Waals surface area (Å²) in [6.07, 6.45) is 3.40. The van der Waals surface area contributed by atoms with Gasteiger partial charge >= 0.3 is 0 Å². The van der Waals surface area contributed by atoms with Gasteiger partial charge in [-0.25, -0.2) is 0 Å². The van der Waals surface area contributed by atoms with E-state index in [1.54, 1.807) is 14.2 Å². The highest BCUT2D eigenvalue weighted by atomic mass is 16.5. The minimum absolute atomic E-state index is 0.188. The van der Waals surface area contributed by atoms with E-state index in [0.29, 0.717) is 17.9 Å². The summed E-state index contributed by atoms with van der Waals surface area (Å²) in [5.74, 6) is 1.60. The molecular formula is C16H25NO3. The second-order valence-electron chi connectivity index (χ2n) is 4.86. The molecule has 0 aliphatic rings. The van der Waals surface area contributed by atoms with Crippen molar-refractivity contribution >= 4 is 5.91 Å². The van der Waals surface area contributed by atoms with E-state index in [1.807, 2.05) is 30.1 Å². The van der Waals surface area contributed by atoms with Crippen LogP contribution >= 0.6 is 0 Å². The van der Waals surface area contributed by atoms with E-state index in [2.05, 4.69) is 6.92 Å². The summed E-state index contributed by atoms with van der Waals surface area (Å²) in [6, 6.07) is 5.78. The van der Waals surface area contributed by atoms with Crippen molar-refractivity contribution in [3.8, 4) is 11.5 Å². The highest BCUT2D eigenvalue weighted by molar-refractivity contribution is 5.76. The Hall–Kier alpha value is -1.71. The van der Waals surface area contributed by atoms with Crippen LogP contribution in [0.15, 0.2) is 18.2 Å². The van der Waals surface area contributed by atoms with E-state index in [1.165, 1.54) is 0 Å². The maximum atomic E-state index is 12.0. The molecule has 0 heterocycles. The molecule has 4 heteroatoms. The van der Waals surface area contributed by atoms with Crippen LogP contribution in [-0.4, -0.2) is 38.6 Å². The second-order valence-corrected chi connectivity index (χ2v) is 4.86. The van der Waals surface area contributed by atoms with E-state index in [0.717, 1.165) is 31.4 Å². The van der Waals surface area contributed by atoms with E-state index >= 15 is 0 Å². The number of hydrogen-bond donors (Lipinski definition) is 0. The zero-order valence-corrected chi connectivity index (χ0v) is 12.9. The molecule has 0 bridgehead atoms. The van der Waals surface area contributed by atoms with Gasteiger partial charge in [-0.2, -0.15) is 0 Å². The van der Waals surface area contributed by atoms with Gasteiger partial charge in [-0.05, 0) is 30.5 Å². The standard InChI is InChI=1S/C16H25NO3/c1-5-6-11-17(2)16(18)10-8-13-7-9-14(19-3)15(12-13)20-4/h7,9,12H,5-6,8,10-11H2,1-4H3. The van der Waals surface area contributed by atoms with Crippen molar-refractivity contribution in [2.45, 2.75) is 32.6 Å². The first-order valence-corrected chi connectivity index (χ1v) is 7.07. The summed E-state index contributed by atoms with van der Waals surface area (Å²) >= 11 is 0. The van der Waals surface area contributed by atoms with Gasteiger partial charge in [0.1, 0.15) is 0 Å². The third-order valence-electron chi connectivity index (χ3n) is 3.35. The van der Waals surface area contributed by atoms with Gasteiger partial charge < -0.3 is 14.4 Å². The van der Waals surface area contributed by atoms with E-state index < -0.39 is 0 Å². The smallest absolute Gasteiger partial charge is 0.222 e. The Kier molecular flexibility index (Phi) is 6.91. The summed E-state index contributed by atoms with van der Waals surface area (Å²) in [4.78, 5) is 13.8. The molecule has 0 spiro atoms. The number of methoxy groups -OCH3 is 2. The van der Waals surface area contributed by atoms with Gasteiger partial charge in [0.15, 0.2) is 11.5 Å². The fraction of sp³-hybridized carbons (Fsp3) is 0.562. The molecule has 0 radical (unpaired) electrons. The van der Waals surface area contributed by atoms with E-state index in [-0.39, 0.29) is 5.91 Å². The minimum Gasteiger partial charge on any atom is -0.493 e. The number of carbonyl (C=O) groups is 1. The quantitative estimate of drug-likeness (QED) is 0.734. The van der Waals surface area contributed by atoms with Crippen LogP contribution in [0.1, 0.15) is 31.7 Å². The molecule has 0 fully saturated rings. The molecule has 4 nitrogen and oxygen atoms in total. The van der Waals surface area contributed by atoms with Gasteiger partial charge in [0.2, 0.25) is 5.91 Å². The zero-order valence-electron chi connectivity index (χ0n) is 12.9. The molecule has 0 saturated carbocycles. The first-order chi connectivity index (χ1) is 9.62. The third kappa shape index (κ3) is 4.76. The SMILES string of the molecule is CCCCN(C)C(=O)CCc1ccc(OC)c(OC)c1. The maximum Gasteiger partial charge on any atom is 0.222 e. The van der Waals surface area contributed by atoms with Crippen LogP contribution in [0.4, 0.5) is 0 Å². The van der Waals surface area contributed by atoms with Crippen LogP contribution < -0.4 is 9.47 Å². The monoisotopic (exact) mass is 279 g/mol. The summed E-state index contributed by atoms with van der Waals surface area (Å²) in [7, 11) is 5.10. The summed E-state index contributed by atoms with van der Waals surface area (Å²) in [5, 5.41) is 0. The number of ether oxygens (including phenoxy) is 2. The largest absolute Gasteiger partial charge is 0.493 e. The Morgan fingerprint density at radius 2 is 1.90 bits per heavy atom. The molecule has 0 atom stereocenters. The average molecular weight is 279 g/mol. The number of rotatable bonds is 8. The van der Waals surface area contributed by atoms with Gasteiger partial charge in [0.25, 0.3) is 0 Å². The zero-order chi connectivity index (χ0) is 15.0. The number of amides is 1. The number of benzene rings is 1. The van der Waals surface area contributed by atoms with Crippen LogP contribution in [0.2, 0.25) is 0 Å². The molecule has 0 aliphatic carbocycles. The highest BCUT2D eigenvalue weighted by Crippen LogP contribution is 2.27. The first kappa shape index (κ1) is 16.3. The van der Waals surface area contributed by atoms with Gasteiger partial charge in [0, 0.05) is 20.0 Å². The molecule has 1 aromatic carbocycles. The van der Waals surface area contributed by atoms with Crippen molar-refractivity contribution < 1.29 is 14.3 Å². The predicted molar refractivity (Wildman–Crippen MR) is 80.4 cm³/mol. The van der Waals surface area contributed by atoms with Crippen molar-refractivity contribution in [2.24, 2.45) is 0 Å². The lowest BCUT2D eigenvalue weighted by Gasteiger charge is -2.16. The number of carbonyl (C=O) groups excluding carboxylic acids is 1. The van der Waals surface area contributed by atoms with Crippen molar-refractivity contribution in [3.63, 3.8) is 0 Å². The van der Waals surface area contributed by atoms with Crippen LogP contribution in [0.25, 0.3) is 0 Å². The van der Waals surface area contributed by atoms with E-state index in [4.69, 9.17) is 9.47 Å². The van der Waals surface area contributed by atoms with Crippen molar-refractivity contribution in [1.82, 2.24) is 4.90 Å². The van der Waals surface area contributed by atoms with Gasteiger partial charge in [0.05, 0.1) is 14.2 Å². The molecule has 0 N–H and O–H groups in total. The van der Waals surface area contributed by atoms with Gasteiger partial charge in [-0.1, -0.05) is 19.4 Å². The molecule has 20 heavy (non-hydrogen) atoms. The fourth-order valence-corrected chi connectivity index (χ4v) is 2.00. The Morgan fingerprint density at radius 1 is 1.20 bits per heavy atom. The number of hydrogen-bond acceptors (Lipinski definition) is 3. The lowest BCUT2D eigenvalue weighted by molar-refractivity contribution is -0.129. The summed E-state index contributed by atoms with van der Waals surface area (Å²) in [6.45, 7) is 2.96. The van der Waals surface area contributed by atoms with Gasteiger partial charge in [-0.15, -0.1) is 0 Å². The molecule has 112 valence electrons. The molecule has 1 amide bonds. The molecule has 0 aliphatic heterocycles. The van der Waals surface area contributed by atoms with Crippen molar-refractivity contribution in [3.05, 3.63) is 23.8 Å². The summed E-state index contributed by atoms with van der Waals surface area (Å²) in [5.41, 5.74) is 1.08. The maximum absolute atomic E-state index is 12.0. The Labute approximate surface area is 121 Å². The second kappa shape index (κ2) is 8.46. The molecule has 0 saturated heterocycles. The Morgan fingerprint density at radius 3 is 2.50 bits per heavy atom. The first-order valence-electron chi connectivity index (χ1n) is 7.07. The van der Waals surface area contributed by atoms with E-state index in [9.17, 15) is 4.79 Å². The lowest BCUT2D eigenvalue weighted by Crippen LogP contribution is -2.27. The normalized spacial score (nSPS) is 10.2. The number of aryl methyl sites for hydroxylation is 1. The highest BCUT2D eigenvalue weighted by Gasteiger charge is 2.10. The predicted octanol–water partition coefficient (Wildman–Crippen LogP) is 2.89. The molecular weight excluding hydrogens is 254 g/mol. The molecule has 1 rings (SSSR count). The van der Waals surface area contributed by atoms with Crippen molar-refractivity contribution in [2.75, 3.05) is 27.8 Å². The van der Waals surface area contributed by atoms with Crippen molar-refractivity contribution in [1.29, 1.82) is 0 Å². The number of unbranched alkanes of at least 4 members (excludes halogenated alkanes) is 1. The Balaban J connectivity index is 2.55. The summed E-state index contributed by atoms with van der Waals surface area (Å²) < 4.78 is 10.5. The third-order valence-corrected chi connectivity index (χ3v) is 3.35. The van der Waals surface area contributed by atoms with Crippen LogP contribution in [-0.2, 0) is 11.2 Å². The average Bonchev–Trinajstić information content (AvgIpc) is 2.49. The minimum atomic E-state index is 0.188.